The molecule has 73 heavy (non-hydrogen) atoms. The Hall–Kier alpha value is -9.18. The number of rotatable bonds is 7. The van der Waals surface area contributed by atoms with Crippen LogP contribution in [0, 0.1) is 0 Å². The number of hydrogen-bond donors (Lipinski definition) is 0. The lowest BCUT2D eigenvalue weighted by molar-refractivity contribution is 0.660. The van der Waals surface area contributed by atoms with Gasteiger partial charge in [-0.25, -0.2) is 0 Å². The summed E-state index contributed by atoms with van der Waals surface area (Å²) in [5.41, 5.74) is 25.6. The van der Waals surface area contributed by atoms with Crippen molar-refractivity contribution >= 4 is 56.1 Å². The molecule has 1 aromatic heterocycles. The highest BCUT2D eigenvalue weighted by molar-refractivity contribution is 6.11. The normalized spacial score (nSPS) is 15.2. The molecule has 1 atom stereocenters. The van der Waals surface area contributed by atoms with Crippen LogP contribution >= 0.6 is 0 Å². The van der Waals surface area contributed by atoms with Crippen LogP contribution in [0.5, 0.6) is 0 Å². The molecule has 0 saturated heterocycles. The fourth-order valence-corrected chi connectivity index (χ4v) is 13.1. The highest BCUT2D eigenvalue weighted by Crippen LogP contribution is 2.67. The summed E-state index contributed by atoms with van der Waals surface area (Å²) in [6.07, 6.45) is 0. The van der Waals surface area contributed by atoms with E-state index < -0.39 is 5.41 Å². The van der Waals surface area contributed by atoms with Crippen molar-refractivity contribution in [1.82, 2.24) is 0 Å². The van der Waals surface area contributed by atoms with Crippen molar-refractivity contribution in [1.29, 1.82) is 0 Å². The first kappa shape index (κ1) is 41.6. The Morgan fingerprint density at radius 1 is 0.315 bits per heavy atom. The maximum Gasteiger partial charge on any atom is 0.159 e. The standard InChI is InChI=1S/C70H48N2O/c1-69(2)58-30-13-10-27-56(58)66-61(69)41-42-62-67(66)57-28-11-15-32-60(57)70(62)59-31-14-9-25-52(59)53-40-39-51(44-63(53)70)72(64-33-18-29-55-54-26-12-16-34-65(54)73-68(55)64)50-24-17-23-49(43-50)71(47-21-7-4-8-22-47)48-37-35-46(36-38-48)45-19-5-3-6-20-45/h3-44H,1-2H3. The fraction of sp³-hybridized carbons (Fsp3) is 0.0571. The second-order valence-electron chi connectivity index (χ2n) is 20.3. The Morgan fingerprint density at radius 2 is 0.822 bits per heavy atom. The zero-order valence-corrected chi connectivity index (χ0v) is 40.6. The molecule has 0 N–H and O–H groups in total. The van der Waals surface area contributed by atoms with Crippen molar-refractivity contribution < 1.29 is 4.42 Å². The summed E-state index contributed by atoms with van der Waals surface area (Å²) in [6.45, 7) is 4.78. The van der Waals surface area contributed by atoms with Gasteiger partial charge in [0.05, 0.1) is 11.1 Å². The quantitative estimate of drug-likeness (QED) is 0.159. The Labute approximate surface area is 425 Å². The molecule has 3 heteroatoms. The van der Waals surface area contributed by atoms with Crippen molar-refractivity contribution in [3.8, 4) is 44.5 Å². The van der Waals surface area contributed by atoms with E-state index in [1.54, 1.807) is 0 Å². The number of para-hydroxylation sites is 3. The van der Waals surface area contributed by atoms with Gasteiger partial charge in [-0.15, -0.1) is 0 Å². The Kier molecular flexibility index (Phi) is 8.92. The van der Waals surface area contributed by atoms with Crippen LogP contribution in [0.1, 0.15) is 47.2 Å². The topological polar surface area (TPSA) is 19.6 Å². The second kappa shape index (κ2) is 15.7. The largest absolute Gasteiger partial charge is 0.454 e. The first-order valence-electron chi connectivity index (χ1n) is 25.4. The van der Waals surface area contributed by atoms with Gasteiger partial charge in [-0.1, -0.05) is 202 Å². The van der Waals surface area contributed by atoms with Crippen molar-refractivity contribution in [3.63, 3.8) is 0 Å². The van der Waals surface area contributed by atoms with Gasteiger partial charge in [0.15, 0.2) is 5.58 Å². The number of benzene rings is 11. The Balaban J connectivity index is 0.973. The first-order chi connectivity index (χ1) is 36.0. The SMILES string of the molecule is CC1(C)c2ccccc2-c2c1ccc1c2-c2ccccc2C12c1ccccc1-c1ccc(N(c3cccc(N(c4ccccc4)c4ccc(-c5ccccc5)cc4)c3)c3cccc4c3oc3ccccc34)cc12. The lowest BCUT2D eigenvalue weighted by Crippen LogP contribution is -2.26. The molecule has 0 bridgehead atoms. The maximum atomic E-state index is 6.94. The zero-order chi connectivity index (χ0) is 48.4. The first-order valence-corrected chi connectivity index (χ1v) is 25.4. The van der Waals surface area contributed by atoms with Gasteiger partial charge in [-0.05, 0) is 145 Å². The molecule has 0 radical (unpaired) electrons. The summed E-state index contributed by atoms with van der Waals surface area (Å²) >= 11 is 0. The van der Waals surface area contributed by atoms with Crippen molar-refractivity contribution in [2.45, 2.75) is 24.7 Å². The Bertz CT molecular complexity index is 4190. The molecule has 15 rings (SSSR count). The second-order valence-corrected chi connectivity index (χ2v) is 20.3. The van der Waals surface area contributed by atoms with Crippen LogP contribution in [0.4, 0.5) is 34.1 Å². The average Bonchev–Trinajstić information content (AvgIpc) is 4.14. The van der Waals surface area contributed by atoms with E-state index in [1.807, 2.05) is 0 Å². The van der Waals surface area contributed by atoms with E-state index in [4.69, 9.17) is 4.42 Å². The van der Waals surface area contributed by atoms with Crippen LogP contribution < -0.4 is 9.80 Å². The van der Waals surface area contributed by atoms with Gasteiger partial charge in [0.25, 0.3) is 0 Å². The third-order valence-electron chi connectivity index (χ3n) is 16.3. The molecule has 1 spiro atoms. The lowest BCUT2D eigenvalue weighted by Gasteiger charge is -2.33. The average molecular weight is 933 g/mol. The van der Waals surface area contributed by atoms with E-state index in [9.17, 15) is 0 Å². The summed E-state index contributed by atoms with van der Waals surface area (Å²) < 4.78 is 6.94. The third-order valence-corrected chi connectivity index (χ3v) is 16.3. The van der Waals surface area contributed by atoms with Gasteiger partial charge in [0, 0.05) is 44.6 Å². The lowest BCUT2D eigenvalue weighted by atomic mass is 9.70. The van der Waals surface area contributed by atoms with Crippen LogP contribution in [0.15, 0.2) is 259 Å². The molecule has 344 valence electrons. The summed E-state index contributed by atoms with van der Waals surface area (Å²) in [5.74, 6) is 0. The van der Waals surface area contributed by atoms with Crippen LogP contribution in [-0.4, -0.2) is 0 Å². The molecule has 1 heterocycles. The number of fused-ring (bicyclic) bond motifs is 17. The molecule has 0 amide bonds. The molecular weight excluding hydrogens is 885 g/mol. The van der Waals surface area contributed by atoms with Crippen LogP contribution in [0.3, 0.4) is 0 Å². The zero-order valence-electron chi connectivity index (χ0n) is 40.6. The van der Waals surface area contributed by atoms with Crippen LogP contribution in [0.2, 0.25) is 0 Å². The molecule has 0 saturated carbocycles. The molecule has 0 aliphatic heterocycles. The van der Waals surface area contributed by atoms with E-state index in [2.05, 4.69) is 278 Å². The fourth-order valence-electron chi connectivity index (χ4n) is 13.1. The summed E-state index contributed by atoms with van der Waals surface area (Å²) in [5, 5.41) is 2.18. The molecule has 1 unspecified atom stereocenters. The van der Waals surface area contributed by atoms with E-state index in [-0.39, 0.29) is 5.41 Å². The smallest absolute Gasteiger partial charge is 0.159 e. The summed E-state index contributed by atoms with van der Waals surface area (Å²) in [4.78, 5) is 4.78. The van der Waals surface area contributed by atoms with Crippen LogP contribution in [0.25, 0.3) is 66.4 Å². The number of furan rings is 1. The van der Waals surface area contributed by atoms with Crippen LogP contribution in [-0.2, 0) is 10.8 Å². The molecular formula is C70H48N2O. The van der Waals surface area contributed by atoms with Gasteiger partial charge in [-0.3, -0.25) is 0 Å². The van der Waals surface area contributed by atoms with E-state index in [0.29, 0.717) is 0 Å². The number of anilines is 6. The van der Waals surface area contributed by atoms with Crippen molar-refractivity contribution in [3.05, 3.63) is 288 Å². The van der Waals surface area contributed by atoms with Gasteiger partial charge in [-0.2, -0.15) is 0 Å². The van der Waals surface area contributed by atoms with Crippen molar-refractivity contribution in [2.24, 2.45) is 0 Å². The highest BCUT2D eigenvalue weighted by atomic mass is 16.3. The summed E-state index contributed by atoms with van der Waals surface area (Å²) in [7, 11) is 0. The third kappa shape index (κ3) is 5.88. The molecule has 3 aliphatic rings. The molecule has 0 fully saturated rings. The van der Waals surface area contributed by atoms with E-state index in [0.717, 1.165) is 56.1 Å². The van der Waals surface area contributed by atoms with E-state index in [1.165, 1.54) is 77.9 Å². The predicted molar refractivity (Wildman–Crippen MR) is 302 cm³/mol. The number of nitrogens with zero attached hydrogens (tertiary/aromatic N) is 2. The predicted octanol–water partition coefficient (Wildman–Crippen LogP) is 18.8. The van der Waals surface area contributed by atoms with Gasteiger partial charge in [0.2, 0.25) is 0 Å². The Morgan fingerprint density at radius 3 is 1.60 bits per heavy atom. The van der Waals surface area contributed by atoms with E-state index >= 15 is 0 Å². The molecule has 12 aromatic rings. The van der Waals surface area contributed by atoms with Gasteiger partial charge in [0.1, 0.15) is 5.58 Å². The minimum absolute atomic E-state index is 0.126. The maximum absolute atomic E-state index is 6.94. The number of hydrogen-bond acceptors (Lipinski definition) is 3. The monoisotopic (exact) mass is 932 g/mol. The minimum Gasteiger partial charge on any atom is -0.454 e. The minimum atomic E-state index is -0.570. The molecule has 11 aromatic carbocycles. The molecule has 3 nitrogen and oxygen atoms in total. The molecule has 3 aliphatic carbocycles. The van der Waals surface area contributed by atoms with Crippen molar-refractivity contribution in [2.75, 3.05) is 9.80 Å². The van der Waals surface area contributed by atoms with Gasteiger partial charge < -0.3 is 14.2 Å². The highest BCUT2D eigenvalue weighted by Gasteiger charge is 2.54. The summed E-state index contributed by atoms with van der Waals surface area (Å²) in [6, 6.07) is 93.7. The van der Waals surface area contributed by atoms with Gasteiger partial charge >= 0.3 is 0 Å².